The van der Waals surface area contributed by atoms with E-state index in [1.54, 1.807) is 0 Å². The van der Waals surface area contributed by atoms with Crippen molar-refractivity contribution in [3.8, 4) is 0 Å². The molecule has 1 atom stereocenters. The summed E-state index contributed by atoms with van der Waals surface area (Å²) >= 11 is 0. The molecule has 0 bridgehead atoms. The average molecular weight is 327 g/mol. The van der Waals surface area contributed by atoms with Crippen molar-refractivity contribution >= 4 is 29.6 Å². The zero-order chi connectivity index (χ0) is 17.6. The molecular formula is C18H21N3O3. The van der Waals surface area contributed by atoms with Crippen molar-refractivity contribution in [3.05, 3.63) is 34.9 Å². The minimum Gasteiger partial charge on any atom is -0.369 e. The third-order valence-corrected chi connectivity index (χ3v) is 4.91. The van der Waals surface area contributed by atoms with Gasteiger partial charge in [0.2, 0.25) is 0 Å². The normalized spacial score (nSPS) is 22.7. The molecule has 0 saturated carbocycles. The number of benzene rings is 1. The number of amides is 4. The Labute approximate surface area is 140 Å². The highest BCUT2D eigenvalue weighted by Gasteiger charge is 2.34. The maximum absolute atomic E-state index is 11.8. The summed E-state index contributed by atoms with van der Waals surface area (Å²) < 4.78 is 0. The highest BCUT2D eigenvalue weighted by molar-refractivity contribution is 6.31. The first-order chi connectivity index (χ1) is 11.2. The van der Waals surface area contributed by atoms with Crippen molar-refractivity contribution in [3.63, 3.8) is 0 Å². The highest BCUT2D eigenvalue weighted by Crippen LogP contribution is 2.42. The fourth-order valence-corrected chi connectivity index (χ4v) is 3.46. The van der Waals surface area contributed by atoms with Gasteiger partial charge in [0, 0.05) is 18.3 Å². The van der Waals surface area contributed by atoms with Crippen molar-refractivity contribution in [2.24, 2.45) is 0 Å². The molecule has 2 aliphatic rings. The average Bonchev–Trinajstić information content (AvgIpc) is 2.48. The van der Waals surface area contributed by atoms with Crippen LogP contribution in [0, 0.1) is 0 Å². The molecule has 1 aromatic rings. The number of carbonyl (C=O) groups is 3. The van der Waals surface area contributed by atoms with Crippen molar-refractivity contribution in [2.75, 3.05) is 11.9 Å². The number of imide groups is 2. The van der Waals surface area contributed by atoms with E-state index in [9.17, 15) is 14.4 Å². The lowest BCUT2D eigenvalue weighted by Gasteiger charge is -2.45. The molecule has 1 fully saturated rings. The maximum atomic E-state index is 11.8. The number of carbonyl (C=O) groups excluding carboxylic acids is 3. The molecular weight excluding hydrogens is 306 g/mol. The molecule has 0 unspecified atom stereocenters. The number of hydrogen-bond donors (Lipinski definition) is 2. The van der Waals surface area contributed by atoms with E-state index >= 15 is 0 Å². The van der Waals surface area contributed by atoms with E-state index in [2.05, 4.69) is 43.4 Å². The van der Waals surface area contributed by atoms with Gasteiger partial charge in [-0.2, -0.15) is 0 Å². The van der Waals surface area contributed by atoms with Crippen molar-refractivity contribution < 1.29 is 14.4 Å². The molecule has 0 aromatic heterocycles. The van der Waals surface area contributed by atoms with Crippen LogP contribution in [0.25, 0.3) is 6.08 Å². The molecule has 2 heterocycles. The molecule has 0 aliphatic carbocycles. The summed E-state index contributed by atoms with van der Waals surface area (Å²) in [4.78, 5) is 37.1. The van der Waals surface area contributed by atoms with Crippen molar-refractivity contribution in [1.29, 1.82) is 0 Å². The third kappa shape index (κ3) is 2.68. The predicted octanol–water partition coefficient (Wildman–Crippen LogP) is 2.16. The third-order valence-electron chi connectivity index (χ3n) is 4.91. The number of nitrogens with zero attached hydrogens (tertiary/aromatic N) is 1. The van der Waals surface area contributed by atoms with Gasteiger partial charge >= 0.3 is 6.03 Å². The van der Waals surface area contributed by atoms with Crippen LogP contribution < -0.4 is 15.5 Å². The molecule has 3 rings (SSSR count). The lowest BCUT2D eigenvalue weighted by Crippen LogP contribution is -2.51. The van der Waals surface area contributed by atoms with Gasteiger partial charge in [-0.05, 0) is 55.5 Å². The van der Waals surface area contributed by atoms with Gasteiger partial charge in [0.05, 0.1) is 0 Å². The number of fused-ring (bicyclic) bond motifs is 1. The molecule has 2 N–H and O–H groups in total. The van der Waals surface area contributed by atoms with Crippen LogP contribution in [-0.4, -0.2) is 30.4 Å². The van der Waals surface area contributed by atoms with Gasteiger partial charge in [-0.15, -0.1) is 0 Å². The lowest BCUT2D eigenvalue weighted by atomic mass is 9.80. The molecule has 6 nitrogen and oxygen atoms in total. The maximum Gasteiger partial charge on any atom is 0.328 e. The Morgan fingerprint density at radius 3 is 2.42 bits per heavy atom. The van der Waals surface area contributed by atoms with Gasteiger partial charge in [0.25, 0.3) is 11.8 Å². The summed E-state index contributed by atoms with van der Waals surface area (Å²) in [5.74, 6) is -0.972. The zero-order valence-electron chi connectivity index (χ0n) is 14.3. The SMILES string of the molecule is C[C@H]1CC(C)(C)N(C)c2ccc(C=C3C(=O)NC(=O)NC3=O)cc21. The molecule has 1 saturated heterocycles. The summed E-state index contributed by atoms with van der Waals surface area (Å²) in [5.41, 5.74) is 3.14. The van der Waals surface area contributed by atoms with E-state index in [1.807, 2.05) is 18.2 Å². The fraction of sp³-hybridized carbons (Fsp3) is 0.389. The Balaban J connectivity index is 1.99. The minimum atomic E-state index is -0.787. The second kappa shape index (κ2) is 5.47. The summed E-state index contributed by atoms with van der Waals surface area (Å²) in [7, 11) is 2.08. The molecule has 0 radical (unpaired) electrons. The van der Waals surface area contributed by atoms with Gasteiger partial charge in [-0.3, -0.25) is 20.2 Å². The van der Waals surface area contributed by atoms with E-state index in [4.69, 9.17) is 0 Å². The number of urea groups is 1. The highest BCUT2D eigenvalue weighted by atomic mass is 16.2. The van der Waals surface area contributed by atoms with Gasteiger partial charge in [0.15, 0.2) is 0 Å². The number of hydrogen-bond acceptors (Lipinski definition) is 4. The molecule has 0 spiro atoms. The molecule has 126 valence electrons. The van der Waals surface area contributed by atoms with Crippen LogP contribution in [0.2, 0.25) is 0 Å². The van der Waals surface area contributed by atoms with Crippen molar-refractivity contribution in [1.82, 2.24) is 10.6 Å². The number of rotatable bonds is 1. The zero-order valence-corrected chi connectivity index (χ0v) is 14.3. The van der Waals surface area contributed by atoms with E-state index in [0.29, 0.717) is 5.92 Å². The van der Waals surface area contributed by atoms with Crippen LogP contribution in [0.5, 0.6) is 0 Å². The number of anilines is 1. The Bertz CT molecular complexity index is 758. The summed E-state index contributed by atoms with van der Waals surface area (Å²) in [5, 5.41) is 4.17. The van der Waals surface area contributed by atoms with Crippen LogP contribution in [0.15, 0.2) is 23.8 Å². The first kappa shape index (κ1) is 16.2. The minimum absolute atomic E-state index is 0.0632. The lowest BCUT2D eigenvalue weighted by molar-refractivity contribution is -0.123. The van der Waals surface area contributed by atoms with Crippen LogP contribution >= 0.6 is 0 Å². The van der Waals surface area contributed by atoms with Crippen LogP contribution in [0.4, 0.5) is 10.5 Å². The second-order valence-electron chi connectivity index (χ2n) is 7.09. The Kier molecular flexibility index (Phi) is 3.70. The van der Waals surface area contributed by atoms with Gasteiger partial charge in [0.1, 0.15) is 5.57 Å². The topological polar surface area (TPSA) is 78.5 Å². The molecule has 1 aromatic carbocycles. The fourth-order valence-electron chi connectivity index (χ4n) is 3.46. The van der Waals surface area contributed by atoms with E-state index in [1.165, 1.54) is 11.6 Å². The summed E-state index contributed by atoms with van der Waals surface area (Å²) in [6.07, 6.45) is 2.54. The van der Waals surface area contributed by atoms with Crippen LogP contribution in [0.3, 0.4) is 0 Å². The Hall–Kier alpha value is -2.63. The quantitative estimate of drug-likeness (QED) is 0.612. The Morgan fingerprint density at radius 1 is 1.17 bits per heavy atom. The van der Waals surface area contributed by atoms with Gasteiger partial charge in [-0.25, -0.2) is 4.79 Å². The van der Waals surface area contributed by atoms with Crippen molar-refractivity contribution in [2.45, 2.75) is 38.6 Å². The molecule has 2 aliphatic heterocycles. The molecule has 4 amide bonds. The van der Waals surface area contributed by atoms with E-state index in [0.717, 1.165) is 17.7 Å². The van der Waals surface area contributed by atoms with E-state index < -0.39 is 17.8 Å². The largest absolute Gasteiger partial charge is 0.369 e. The monoisotopic (exact) mass is 327 g/mol. The first-order valence-corrected chi connectivity index (χ1v) is 7.95. The Morgan fingerprint density at radius 2 is 1.79 bits per heavy atom. The van der Waals surface area contributed by atoms with Crippen LogP contribution in [-0.2, 0) is 9.59 Å². The summed E-state index contributed by atoms with van der Waals surface area (Å²) in [6, 6.07) is 5.12. The number of nitrogens with one attached hydrogen (secondary N) is 2. The summed E-state index contributed by atoms with van der Waals surface area (Å²) in [6.45, 7) is 6.62. The second-order valence-corrected chi connectivity index (χ2v) is 7.09. The predicted molar refractivity (Wildman–Crippen MR) is 91.6 cm³/mol. The first-order valence-electron chi connectivity index (χ1n) is 7.95. The van der Waals surface area contributed by atoms with E-state index in [-0.39, 0.29) is 11.1 Å². The molecule has 24 heavy (non-hydrogen) atoms. The van der Waals surface area contributed by atoms with Crippen LogP contribution in [0.1, 0.15) is 44.2 Å². The standard InChI is InChI=1S/C18H21N3O3/c1-10-9-18(2,3)21(4)14-6-5-11(7-12(10)14)8-13-15(22)19-17(24)20-16(13)23/h5-8,10H,9H2,1-4H3,(H2,19,20,22,23,24)/t10-/m0/s1. The smallest absolute Gasteiger partial charge is 0.328 e. The number of barbiturate groups is 1. The molecule has 6 heteroatoms. The van der Waals surface area contributed by atoms with Gasteiger partial charge < -0.3 is 4.90 Å². The van der Waals surface area contributed by atoms with Gasteiger partial charge in [-0.1, -0.05) is 13.0 Å².